The van der Waals surface area contributed by atoms with Crippen LogP contribution in [0.3, 0.4) is 0 Å². The molecule has 0 spiro atoms. The van der Waals surface area contributed by atoms with Gasteiger partial charge in [0.1, 0.15) is 5.41 Å². The monoisotopic (exact) mass is 150 g/mol. The van der Waals surface area contributed by atoms with E-state index >= 15 is 0 Å². The summed E-state index contributed by atoms with van der Waals surface area (Å²) in [5, 5.41) is 33.7. The standard InChI is InChI=1S/C5H10O5/c1-5(2-6,3(7)8)4(9)10/h3,6-8H,2H2,1H3,(H,9,10). The molecule has 0 aromatic rings. The molecule has 4 N–H and O–H groups in total. The van der Waals surface area contributed by atoms with Crippen LogP contribution in [0.1, 0.15) is 6.92 Å². The van der Waals surface area contributed by atoms with Crippen molar-refractivity contribution in [3.8, 4) is 0 Å². The third-order valence-electron chi connectivity index (χ3n) is 1.39. The number of aliphatic hydroxyl groups is 3. The molecule has 0 heterocycles. The molecule has 5 nitrogen and oxygen atoms in total. The van der Waals surface area contributed by atoms with E-state index in [-0.39, 0.29) is 0 Å². The SMILES string of the molecule is CC(CO)(C(=O)O)C(O)O. The number of carboxylic acids is 1. The van der Waals surface area contributed by atoms with Crippen molar-refractivity contribution in [3.63, 3.8) is 0 Å². The molecule has 1 atom stereocenters. The number of hydrogen-bond donors (Lipinski definition) is 4. The van der Waals surface area contributed by atoms with E-state index in [4.69, 9.17) is 20.4 Å². The van der Waals surface area contributed by atoms with Crippen LogP contribution in [0.25, 0.3) is 0 Å². The van der Waals surface area contributed by atoms with Gasteiger partial charge in [0.15, 0.2) is 6.29 Å². The molecule has 0 aliphatic heterocycles. The molecular weight excluding hydrogens is 140 g/mol. The van der Waals surface area contributed by atoms with Crippen molar-refractivity contribution in [1.82, 2.24) is 0 Å². The summed E-state index contributed by atoms with van der Waals surface area (Å²) < 4.78 is 0. The fourth-order valence-electron chi connectivity index (χ4n) is 0.260. The van der Waals surface area contributed by atoms with E-state index in [0.29, 0.717) is 0 Å². The van der Waals surface area contributed by atoms with Crippen LogP contribution in [-0.2, 0) is 4.79 Å². The summed E-state index contributed by atoms with van der Waals surface area (Å²) in [5.74, 6) is -1.44. The van der Waals surface area contributed by atoms with E-state index in [1.807, 2.05) is 0 Å². The van der Waals surface area contributed by atoms with Crippen LogP contribution in [0, 0.1) is 5.41 Å². The average Bonchev–Trinajstić information content (AvgIpc) is 1.85. The van der Waals surface area contributed by atoms with Crippen LogP contribution < -0.4 is 0 Å². The van der Waals surface area contributed by atoms with Gasteiger partial charge in [-0.25, -0.2) is 0 Å². The van der Waals surface area contributed by atoms with Crippen molar-refractivity contribution in [3.05, 3.63) is 0 Å². The fraction of sp³-hybridized carbons (Fsp3) is 0.800. The van der Waals surface area contributed by atoms with Gasteiger partial charge in [0, 0.05) is 0 Å². The highest BCUT2D eigenvalue weighted by atomic mass is 16.5. The molecule has 0 aromatic heterocycles. The third-order valence-corrected chi connectivity index (χ3v) is 1.39. The number of aliphatic hydroxyl groups excluding tert-OH is 2. The van der Waals surface area contributed by atoms with Gasteiger partial charge >= 0.3 is 5.97 Å². The molecule has 60 valence electrons. The van der Waals surface area contributed by atoms with Gasteiger partial charge < -0.3 is 20.4 Å². The van der Waals surface area contributed by atoms with Crippen molar-refractivity contribution in [2.75, 3.05) is 6.61 Å². The lowest BCUT2D eigenvalue weighted by molar-refractivity contribution is -0.184. The summed E-state index contributed by atoms with van der Waals surface area (Å²) in [6.45, 7) is 0.236. The Morgan fingerprint density at radius 3 is 2.00 bits per heavy atom. The Hall–Kier alpha value is -0.650. The number of hydrogen-bond acceptors (Lipinski definition) is 4. The zero-order valence-electron chi connectivity index (χ0n) is 5.48. The topological polar surface area (TPSA) is 98.0 Å². The minimum atomic E-state index is -2.05. The Morgan fingerprint density at radius 1 is 1.60 bits per heavy atom. The van der Waals surface area contributed by atoms with Crippen molar-refractivity contribution in [2.24, 2.45) is 5.41 Å². The second kappa shape index (κ2) is 2.96. The van der Waals surface area contributed by atoms with Crippen LogP contribution in [0.4, 0.5) is 0 Å². The molecule has 0 bridgehead atoms. The summed E-state index contributed by atoms with van der Waals surface area (Å²) in [4.78, 5) is 10.2. The molecule has 0 aliphatic carbocycles. The maximum absolute atomic E-state index is 10.2. The molecule has 1 unspecified atom stereocenters. The highest BCUT2D eigenvalue weighted by Gasteiger charge is 2.39. The normalized spacial score (nSPS) is 16.9. The zero-order valence-corrected chi connectivity index (χ0v) is 5.48. The van der Waals surface area contributed by atoms with Crippen LogP contribution >= 0.6 is 0 Å². The molecule has 0 aliphatic rings. The van der Waals surface area contributed by atoms with E-state index < -0.39 is 24.3 Å². The predicted octanol–water partition coefficient (Wildman–Crippen LogP) is -1.62. The third kappa shape index (κ3) is 1.44. The first kappa shape index (κ1) is 9.35. The molecule has 0 aromatic carbocycles. The van der Waals surface area contributed by atoms with Gasteiger partial charge in [0.2, 0.25) is 0 Å². The van der Waals surface area contributed by atoms with Crippen molar-refractivity contribution in [2.45, 2.75) is 13.2 Å². The lowest BCUT2D eigenvalue weighted by Gasteiger charge is -2.23. The van der Waals surface area contributed by atoms with Gasteiger partial charge in [-0.1, -0.05) is 0 Å². The highest BCUT2D eigenvalue weighted by molar-refractivity contribution is 5.74. The zero-order chi connectivity index (χ0) is 8.36. The number of rotatable bonds is 3. The molecule has 0 rings (SSSR count). The number of carbonyl (C=O) groups is 1. The smallest absolute Gasteiger partial charge is 0.316 e. The molecule has 0 saturated carbocycles. The minimum absolute atomic E-state index is 0.806. The molecule has 0 saturated heterocycles. The molecule has 10 heavy (non-hydrogen) atoms. The molecule has 0 radical (unpaired) electrons. The van der Waals surface area contributed by atoms with Crippen molar-refractivity contribution < 1.29 is 25.2 Å². The Kier molecular flexibility index (Phi) is 2.77. The van der Waals surface area contributed by atoms with E-state index in [1.165, 1.54) is 0 Å². The van der Waals surface area contributed by atoms with Gasteiger partial charge in [-0.15, -0.1) is 0 Å². The van der Waals surface area contributed by atoms with Gasteiger partial charge in [-0.05, 0) is 6.92 Å². The average molecular weight is 150 g/mol. The lowest BCUT2D eigenvalue weighted by atomic mass is 9.91. The van der Waals surface area contributed by atoms with Gasteiger partial charge in [-0.3, -0.25) is 4.79 Å². The van der Waals surface area contributed by atoms with Crippen molar-refractivity contribution in [1.29, 1.82) is 0 Å². The second-order valence-electron chi connectivity index (χ2n) is 2.25. The van der Waals surface area contributed by atoms with E-state index in [2.05, 4.69) is 0 Å². The summed E-state index contributed by atoms with van der Waals surface area (Å²) in [6, 6.07) is 0. The summed E-state index contributed by atoms with van der Waals surface area (Å²) in [7, 11) is 0. The minimum Gasteiger partial charge on any atom is -0.481 e. The summed E-state index contributed by atoms with van der Waals surface area (Å²) >= 11 is 0. The van der Waals surface area contributed by atoms with E-state index in [9.17, 15) is 4.79 Å². The highest BCUT2D eigenvalue weighted by Crippen LogP contribution is 2.18. The molecular formula is C5H10O5. The fourth-order valence-corrected chi connectivity index (χ4v) is 0.260. The van der Waals surface area contributed by atoms with E-state index in [0.717, 1.165) is 6.92 Å². The van der Waals surface area contributed by atoms with Crippen LogP contribution in [0.2, 0.25) is 0 Å². The van der Waals surface area contributed by atoms with Gasteiger partial charge in [0.05, 0.1) is 6.61 Å². The Morgan fingerprint density at radius 2 is 2.00 bits per heavy atom. The molecule has 0 amide bonds. The quantitative estimate of drug-likeness (QED) is 0.362. The Bertz CT molecular complexity index is 132. The maximum atomic E-state index is 10.2. The van der Waals surface area contributed by atoms with Gasteiger partial charge in [-0.2, -0.15) is 0 Å². The first-order valence-electron chi connectivity index (χ1n) is 2.65. The number of carboxylic acid groups (broad SMARTS) is 1. The van der Waals surface area contributed by atoms with Crippen LogP contribution in [0.5, 0.6) is 0 Å². The molecule has 5 heteroatoms. The van der Waals surface area contributed by atoms with Gasteiger partial charge in [0.25, 0.3) is 0 Å². The predicted molar refractivity (Wildman–Crippen MR) is 31.1 cm³/mol. The summed E-state index contributed by atoms with van der Waals surface area (Å²) in [6.07, 6.45) is -2.05. The first-order valence-corrected chi connectivity index (χ1v) is 2.65. The summed E-state index contributed by atoms with van der Waals surface area (Å²) in [5.41, 5.74) is -1.88. The maximum Gasteiger partial charge on any atom is 0.316 e. The lowest BCUT2D eigenvalue weighted by Crippen LogP contribution is -2.42. The first-order chi connectivity index (χ1) is 4.45. The van der Waals surface area contributed by atoms with Crippen LogP contribution in [-0.4, -0.2) is 39.3 Å². The molecule has 0 fully saturated rings. The second-order valence-corrected chi connectivity index (χ2v) is 2.25. The van der Waals surface area contributed by atoms with E-state index in [1.54, 1.807) is 0 Å². The Labute approximate surface area is 57.5 Å². The number of aliphatic carboxylic acids is 1. The Balaban J connectivity index is 4.38. The van der Waals surface area contributed by atoms with Crippen molar-refractivity contribution >= 4 is 5.97 Å². The largest absolute Gasteiger partial charge is 0.481 e. The van der Waals surface area contributed by atoms with Crippen LogP contribution in [0.15, 0.2) is 0 Å².